The smallest absolute Gasteiger partial charge is 0.150 e. The molecule has 0 saturated heterocycles. The van der Waals surface area contributed by atoms with Crippen molar-refractivity contribution in [2.75, 3.05) is 0 Å². The molecule has 0 aliphatic carbocycles. The minimum atomic E-state index is -0.713. The lowest BCUT2D eigenvalue weighted by Gasteiger charge is -2.09. The minimum Gasteiger partial charge on any atom is -0.465 e. The first-order valence-corrected chi connectivity index (χ1v) is 6.01. The number of halogens is 1. The molecule has 84 valence electrons. The Morgan fingerprint density at radius 3 is 2.44 bits per heavy atom. The lowest BCUT2D eigenvalue weighted by atomic mass is 10.0. The molecule has 1 atom stereocenters. The van der Waals surface area contributed by atoms with Crippen LogP contribution in [-0.2, 0) is 6.42 Å². The lowest BCUT2D eigenvalue weighted by Crippen LogP contribution is -1.98. The molecule has 0 spiro atoms. The van der Waals surface area contributed by atoms with Crippen LogP contribution < -0.4 is 0 Å². The first kappa shape index (κ1) is 11.4. The number of hydrogen-bond acceptors (Lipinski definition) is 2. The molecule has 1 aromatic carbocycles. The molecule has 3 heteroatoms. The highest BCUT2D eigenvalue weighted by atomic mass is 79.9. The summed E-state index contributed by atoms with van der Waals surface area (Å²) in [5, 5.41) is 10.1. The Morgan fingerprint density at radius 2 is 1.94 bits per heavy atom. The van der Waals surface area contributed by atoms with Gasteiger partial charge in [-0.25, -0.2) is 0 Å². The van der Waals surface area contributed by atoms with Crippen LogP contribution in [0, 0.1) is 0 Å². The van der Waals surface area contributed by atoms with Crippen LogP contribution in [0.15, 0.2) is 45.5 Å². The van der Waals surface area contributed by atoms with Crippen LogP contribution in [0.25, 0.3) is 0 Å². The largest absolute Gasteiger partial charge is 0.465 e. The van der Waals surface area contributed by atoms with E-state index in [1.807, 2.05) is 24.3 Å². The highest BCUT2D eigenvalue weighted by Gasteiger charge is 2.16. The summed E-state index contributed by atoms with van der Waals surface area (Å²) in [6.07, 6.45) is 1.85. The van der Waals surface area contributed by atoms with E-state index in [-0.39, 0.29) is 0 Å². The molecule has 1 unspecified atom stereocenters. The van der Waals surface area contributed by atoms with Crippen molar-refractivity contribution in [3.8, 4) is 0 Å². The van der Waals surface area contributed by atoms with Crippen LogP contribution in [0.2, 0.25) is 0 Å². The molecule has 0 aliphatic heterocycles. The van der Waals surface area contributed by atoms with E-state index in [0.717, 1.165) is 16.5 Å². The molecule has 2 nitrogen and oxygen atoms in total. The van der Waals surface area contributed by atoms with E-state index in [1.54, 1.807) is 12.3 Å². The van der Waals surface area contributed by atoms with Gasteiger partial charge in [0.1, 0.15) is 6.10 Å². The van der Waals surface area contributed by atoms with E-state index >= 15 is 0 Å². The molecule has 0 aliphatic rings. The Kier molecular flexibility index (Phi) is 3.46. The Labute approximate surface area is 103 Å². The first-order valence-electron chi connectivity index (χ1n) is 5.22. The number of hydrogen-bond donors (Lipinski definition) is 1. The fourth-order valence-electron chi connectivity index (χ4n) is 1.59. The highest BCUT2D eigenvalue weighted by molar-refractivity contribution is 9.10. The van der Waals surface area contributed by atoms with Crippen molar-refractivity contribution in [2.24, 2.45) is 0 Å². The summed E-state index contributed by atoms with van der Waals surface area (Å²) >= 11 is 3.34. The predicted octanol–water partition coefficient (Wildman–Crippen LogP) is 3.69. The third-order valence-electron chi connectivity index (χ3n) is 2.60. The molecule has 16 heavy (non-hydrogen) atoms. The van der Waals surface area contributed by atoms with Crippen LogP contribution >= 0.6 is 15.9 Å². The third kappa shape index (κ3) is 2.20. The number of benzene rings is 1. The molecule has 0 amide bonds. The van der Waals surface area contributed by atoms with Crippen molar-refractivity contribution in [2.45, 2.75) is 19.4 Å². The van der Waals surface area contributed by atoms with Gasteiger partial charge < -0.3 is 9.52 Å². The molecule has 1 N–H and O–H groups in total. The van der Waals surface area contributed by atoms with Crippen LogP contribution in [0.1, 0.15) is 29.9 Å². The van der Waals surface area contributed by atoms with Gasteiger partial charge in [0.25, 0.3) is 0 Å². The average molecular weight is 281 g/mol. The number of aryl methyl sites for hydroxylation is 1. The second kappa shape index (κ2) is 4.85. The zero-order valence-electron chi connectivity index (χ0n) is 8.98. The summed E-state index contributed by atoms with van der Waals surface area (Å²) in [5.74, 6) is 0.546. The average Bonchev–Trinajstić information content (AvgIpc) is 2.75. The van der Waals surface area contributed by atoms with Gasteiger partial charge in [-0.05, 0) is 39.5 Å². The van der Waals surface area contributed by atoms with E-state index in [2.05, 4.69) is 22.9 Å². The zero-order valence-corrected chi connectivity index (χ0v) is 10.6. The molecule has 0 radical (unpaired) electrons. The van der Waals surface area contributed by atoms with E-state index in [1.165, 1.54) is 5.56 Å². The molecule has 2 aromatic rings. The van der Waals surface area contributed by atoms with Gasteiger partial charge in [-0.3, -0.25) is 0 Å². The Bertz CT molecular complexity index is 459. The van der Waals surface area contributed by atoms with Gasteiger partial charge >= 0.3 is 0 Å². The van der Waals surface area contributed by atoms with Gasteiger partial charge in [-0.15, -0.1) is 0 Å². The standard InChI is InChI=1S/C13H13BrO2/c1-2-9-3-5-10(6-4-9)12(15)13-11(14)7-8-16-13/h3-8,12,15H,2H2,1H3. The lowest BCUT2D eigenvalue weighted by molar-refractivity contribution is 0.188. The molecule has 1 aromatic heterocycles. The van der Waals surface area contributed by atoms with Gasteiger partial charge in [0.05, 0.1) is 10.7 Å². The maximum absolute atomic E-state index is 10.1. The number of rotatable bonds is 3. The van der Waals surface area contributed by atoms with Crippen LogP contribution in [-0.4, -0.2) is 5.11 Å². The van der Waals surface area contributed by atoms with Crippen molar-refractivity contribution in [3.63, 3.8) is 0 Å². The van der Waals surface area contributed by atoms with Crippen LogP contribution in [0.3, 0.4) is 0 Å². The van der Waals surface area contributed by atoms with Crippen molar-refractivity contribution in [1.82, 2.24) is 0 Å². The molecule has 0 fully saturated rings. The molecule has 1 heterocycles. The van der Waals surface area contributed by atoms with Gasteiger partial charge in [0.2, 0.25) is 0 Å². The Hall–Kier alpha value is -1.06. The zero-order chi connectivity index (χ0) is 11.5. The molecule has 2 rings (SSSR count). The predicted molar refractivity (Wildman–Crippen MR) is 66.3 cm³/mol. The second-order valence-corrected chi connectivity index (χ2v) is 4.48. The summed E-state index contributed by atoms with van der Waals surface area (Å²) in [7, 11) is 0. The first-order chi connectivity index (χ1) is 7.72. The van der Waals surface area contributed by atoms with Gasteiger partial charge in [0, 0.05) is 0 Å². The van der Waals surface area contributed by atoms with E-state index in [9.17, 15) is 5.11 Å². The Morgan fingerprint density at radius 1 is 1.25 bits per heavy atom. The minimum absolute atomic E-state index is 0.546. The topological polar surface area (TPSA) is 33.4 Å². The summed E-state index contributed by atoms with van der Waals surface area (Å²) in [6.45, 7) is 2.11. The molecular weight excluding hydrogens is 268 g/mol. The van der Waals surface area contributed by atoms with Gasteiger partial charge in [-0.2, -0.15) is 0 Å². The molecule has 0 bridgehead atoms. The molecule has 0 saturated carbocycles. The van der Waals surface area contributed by atoms with E-state index in [0.29, 0.717) is 5.76 Å². The number of furan rings is 1. The summed E-state index contributed by atoms with van der Waals surface area (Å²) < 4.78 is 6.03. The third-order valence-corrected chi connectivity index (χ3v) is 3.25. The van der Waals surface area contributed by atoms with Crippen molar-refractivity contribution >= 4 is 15.9 Å². The summed E-state index contributed by atoms with van der Waals surface area (Å²) in [6, 6.07) is 9.68. The quantitative estimate of drug-likeness (QED) is 0.930. The van der Waals surface area contributed by atoms with Crippen LogP contribution in [0.5, 0.6) is 0 Å². The number of aliphatic hydroxyl groups is 1. The Balaban J connectivity index is 2.27. The summed E-state index contributed by atoms with van der Waals surface area (Å²) in [4.78, 5) is 0. The monoisotopic (exact) mass is 280 g/mol. The molecular formula is C13H13BrO2. The van der Waals surface area contributed by atoms with Crippen molar-refractivity contribution < 1.29 is 9.52 Å². The second-order valence-electron chi connectivity index (χ2n) is 3.63. The van der Waals surface area contributed by atoms with Crippen molar-refractivity contribution in [1.29, 1.82) is 0 Å². The van der Waals surface area contributed by atoms with E-state index < -0.39 is 6.10 Å². The van der Waals surface area contributed by atoms with Gasteiger partial charge in [0.15, 0.2) is 5.76 Å². The fourth-order valence-corrected chi connectivity index (χ4v) is 2.01. The summed E-state index contributed by atoms with van der Waals surface area (Å²) in [5.41, 5.74) is 2.10. The van der Waals surface area contributed by atoms with Crippen LogP contribution in [0.4, 0.5) is 0 Å². The maximum atomic E-state index is 10.1. The SMILES string of the molecule is CCc1ccc(C(O)c2occc2Br)cc1. The normalized spacial score (nSPS) is 12.7. The number of aliphatic hydroxyl groups excluding tert-OH is 1. The van der Waals surface area contributed by atoms with E-state index in [4.69, 9.17) is 4.42 Å². The van der Waals surface area contributed by atoms with Crippen molar-refractivity contribution in [3.05, 3.63) is 58.0 Å². The highest BCUT2D eigenvalue weighted by Crippen LogP contribution is 2.29. The van der Waals surface area contributed by atoms with Gasteiger partial charge in [-0.1, -0.05) is 31.2 Å². The maximum Gasteiger partial charge on any atom is 0.150 e. The fraction of sp³-hybridized carbons (Fsp3) is 0.231.